The standard InChI is InChI=1S/C17H24FNO/c1-13-16(14-7-6-8-15(18)11-14)20-17(12-19-13)9-4-2-3-5-10-17/h6-8,11,13,16,19H,2-5,9-10,12H2,1H3. The normalized spacial score (nSPS) is 30.1. The van der Waals surface area contributed by atoms with Crippen molar-refractivity contribution in [2.45, 2.75) is 63.2 Å². The second kappa shape index (κ2) is 5.82. The molecule has 2 nitrogen and oxygen atoms in total. The zero-order valence-corrected chi connectivity index (χ0v) is 12.2. The third kappa shape index (κ3) is 2.89. The molecule has 2 fully saturated rings. The molecule has 0 bridgehead atoms. The Bertz CT molecular complexity index is 454. The minimum atomic E-state index is -0.182. The van der Waals surface area contributed by atoms with Crippen molar-refractivity contribution in [2.24, 2.45) is 0 Å². The van der Waals surface area contributed by atoms with Crippen molar-refractivity contribution in [1.29, 1.82) is 0 Å². The minimum Gasteiger partial charge on any atom is -0.364 e. The van der Waals surface area contributed by atoms with Crippen LogP contribution in [0.2, 0.25) is 0 Å². The van der Waals surface area contributed by atoms with Gasteiger partial charge in [-0.15, -0.1) is 0 Å². The Morgan fingerprint density at radius 1 is 1.20 bits per heavy atom. The number of halogens is 1. The molecule has 1 aromatic carbocycles. The molecule has 0 amide bonds. The number of nitrogens with one attached hydrogen (secondary N) is 1. The molecule has 1 aliphatic carbocycles. The monoisotopic (exact) mass is 277 g/mol. The van der Waals surface area contributed by atoms with Crippen LogP contribution in [0.15, 0.2) is 24.3 Å². The van der Waals surface area contributed by atoms with E-state index in [0.29, 0.717) is 0 Å². The third-order valence-corrected chi connectivity index (χ3v) is 4.77. The molecule has 0 radical (unpaired) electrons. The van der Waals surface area contributed by atoms with E-state index in [4.69, 9.17) is 4.74 Å². The average molecular weight is 277 g/mol. The first-order valence-corrected chi connectivity index (χ1v) is 7.85. The Kier molecular flexibility index (Phi) is 4.08. The molecule has 2 aliphatic rings. The van der Waals surface area contributed by atoms with Gasteiger partial charge in [-0.1, -0.05) is 37.8 Å². The molecule has 1 saturated carbocycles. The van der Waals surface area contributed by atoms with Gasteiger partial charge in [0.15, 0.2) is 0 Å². The lowest BCUT2D eigenvalue weighted by molar-refractivity contribution is -0.142. The first-order chi connectivity index (χ1) is 9.69. The fourth-order valence-corrected chi connectivity index (χ4v) is 3.57. The van der Waals surface area contributed by atoms with E-state index in [9.17, 15) is 4.39 Å². The summed E-state index contributed by atoms with van der Waals surface area (Å²) < 4.78 is 20.0. The number of ether oxygens (including phenoxy) is 1. The van der Waals surface area contributed by atoms with Crippen LogP contribution in [0, 0.1) is 5.82 Å². The molecule has 110 valence electrons. The molecule has 1 aliphatic heterocycles. The highest BCUT2D eigenvalue weighted by molar-refractivity contribution is 5.21. The molecule has 2 unspecified atom stereocenters. The van der Waals surface area contributed by atoms with E-state index in [1.54, 1.807) is 12.1 Å². The van der Waals surface area contributed by atoms with Crippen molar-refractivity contribution in [3.8, 4) is 0 Å². The highest BCUT2D eigenvalue weighted by Gasteiger charge is 2.40. The maximum atomic E-state index is 13.5. The van der Waals surface area contributed by atoms with Crippen molar-refractivity contribution >= 4 is 0 Å². The van der Waals surface area contributed by atoms with Crippen LogP contribution in [0.5, 0.6) is 0 Å². The maximum Gasteiger partial charge on any atom is 0.123 e. The van der Waals surface area contributed by atoms with Crippen LogP contribution in [-0.2, 0) is 4.74 Å². The van der Waals surface area contributed by atoms with Gasteiger partial charge in [0.2, 0.25) is 0 Å². The summed E-state index contributed by atoms with van der Waals surface area (Å²) in [5.41, 5.74) is 0.910. The number of benzene rings is 1. The van der Waals surface area contributed by atoms with Crippen LogP contribution in [0.4, 0.5) is 4.39 Å². The highest BCUT2D eigenvalue weighted by atomic mass is 19.1. The lowest BCUT2D eigenvalue weighted by Gasteiger charge is -2.45. The summed E-state index contributed by atoms with van der Waals surface area (Å²) in [4.78, 5) is 0. The summed E-state index contributed by atoms with van der Waals surface area (Å²) in [5, 5.41) is 3.59. The SMILES string of the molecule is CC1NCC2(CCCCCC2)OC1c1cccc(F)c1. The fourth-order valence-electron chi connectivity index (χ4n) is 3.57. The van der Waals surface area contributed by atoms with Crippen molar-refractivity contribution in [3.05, 3.63) is 35.6 Å². The summed E-state index contributed by atoms with van der Waals surface area (Å²) in [6.45, 7) is 3.05. The lowest BCUT2D eigenvalue weighted by Crippen LogP contribution is -2.54. The molecule has 1 saturated heterocycles. The summed E-state index contributed by atoms with van der Waals surface area (Å²) in [7, 11) is 0. The van der Waals surface area contributed by atoms with Crippen molar-refractivity contribution in [3.63, 3.8) is 0 Å². The van der Waals surface area contributed by atoms with E-state index in [-0.39, 0.29) is 23.6 Å². The van der Waals surface area contributed by atoms with Gasteiger partial charge < -0.3 is 10.1 Å². The predicted molar refractivity (Wildman–Crippen MR) is 78.1 cm³/mol. The second-order valence-electron chi connectivity index (χ2n) is 6.36. The minimum absolute atomic E-state index is 0.0417. The summed E-state index contributed by atoms with van der Waals surface area (Å²) in [6.07, 6.45) is 7.31. The van der Waals surface area contributed by atoms with E-state index in [2.05, 4.69) is 12.2 Å². The Morgan fingerprint density at radius 2 is 1.95 bits per heavy atom. The maximum absolute atomic E-state index is 13.5. The van der Waals surface area contributed by atoms with E-state index in [1.165, 1.54) is 31.7 Å². The molecule has 3 rings (SSSR count). The second-order valence-corrected chi connectivity index (χ2v) is 6.36. The molecular weight excluding hydrogens is 253 g/mol. The van der Waals surface area contributed by atoms with Crippen LogP contribution < -0.4 is 5.32 Å². The number of rotatable bonds is 1. The summed E-state index contributed by atoms with van der Waals surface area (Å²) >= 11 is 0. The zero-order chi connectivity index (χ0) is 14.0. The lowest BCUT2D eigenvalue weighted by atomic mass is 9.89. The molecule has 0 aromatic heterocycles. The molecule has 20 heavy (non-hydrogen) atoms. The number of morpholine rings is 1. The van der Waals surface area contributed by atoms with Gasteiger partial charge in [-0.3, -0.25) is 0 Å². The number of hydrogen-bond acceptors (Lipinski definition) is 2. The van der Waals surface area contributed by atoms with Crippen LogP contribution in [0.25, 0.3) is 0 Å². The van der Waals surface area contributed by atoms with Gasteiger partial charge in [0.05, 0.1) is 11.7 Å². The summed E-state index contributed by atoms with van der Waals surface area (Å²) in [5.74, 6) is -0.182. The van der Waals surface area contributed by atoms with Gasteiger partial charge in [-0.25, -0.2) is 4.39 Å². The van der Waals surface area contributed by atoms with Gasteiger partial charge in [0.25, 0.3) is 0 Å². The first-order valence-electron chi connectivity index (χ1n) is 7.85. The van der Waals surface area contributed by atoms with Gasteiger partial charge in [-0.05, 0) is 37.5 Å². The predicted octanol–water partition coefficient (Wildman–Crippen LogP) is 3.97. The molecular formula is C17H24FNO. The molecule has 1 spiro atoms. The fraction of sp³-hybridized carbons (Fsp3) is 0.647. The van der Waals surface area contributed by atoms with E-state index < -0.39 is 0 Å². The number of hydrogen-bond donors (Lipinski definition) is 1. The van der Waals surface area contributed by atoms with Crippen LogP contribution in [0.3, 0.4) is 0 Å². The zero-order valence-electron chi connectivity index (χ0n) is 12.2. The molecule has 3 heteroatoms. The van der Waals surface area contributed by atoms with Gasteiger partial charge in [0.1, 0.15) is 5.82 Å². The Hall–Kier alpha value is -0.930. The molecule has 1 heterocycles. The third-order valence-electron chi connectivity index (χ3n) is 4.77. The Morgan fingerprint density at radius 3 is 2.65 bits per heavy atom. The van der Waals surface area contributed by atoms with Crippen molar-refractivity contribution in [1.82, 2.24) is 5.32 Å². The molecule has 2 atom stereocenters. The van der Waals surface area contributed by atoms with Crippen molar-refractivity contribution < 1.29 is 9.13 Å². The van der Waals surface area contributed by atoms with E-state index in [1.807, 2.05) is 6.07 Å². The highest BCUT2D eigenvalue weighted by Crippen LogP contribution is 2.39. The molecule has 1 N–H and O–H groups in total. The van der Waals surface area contributed by atoms with Gasteiger partial charge in [-0.2, -0.15) is 0 Å². The van der Waals surface area contributed by atoms with Crippen molar-refractivity contribution in [2.75, 3.05) is 6.54 Å². The Labute approximate surface area is 120 Å². The Balaban J connectivity index is 1.82. The average Bonchev–Trinajstić information content (AvgIpc) is 2.68. The van der Waals surface area contributed by atoms with Gasteiger partial charge >= 0.3 is 0 Å². The smallest absolute Gasteiger partial charge is 0.123 e. The van der Waals surface area contributed by atoms with Crippen LogP contribution >= 0.6 is 0 Å². The summed E-state index contributed by atoms with van der Waals surface area (Å²) in [6, 6.07) is 7.08. The molecule has 1 aromatic rings. The van der Waals surface area contributed by atoms with E-state index in [0.717, 1.165) is 24.9 Å². The topological polar surface area (TPSA) is 21.3 Å². The van der Waals surface area contributed by atoms with E-state index >= 15 is 0 Å². The quantitative estimate of drug-likeness (QED) is 0.838. The first kappa shape index (κ1) is 14.0. The largest absolute Gasteiger partial charge is 0.364 e. The van der Waals surface area contributed by atoms with Crippen LogP contribution in [-0.4, -0.2) is 18.2 Å². The van der Waals surface area contributed by atoms with Gasteiger partial charge in [0, 0.05) is 12.6 Å². The van der Waals surface area contributed by atoms with Crippen LogP contribution in [0.1, 0.15) is 57.1 Å².